The third-order valence-corrected chi connectivity index (χ3v) is 4.58. The highest BCUT2D eigenvalue weighted by Gasteiger charge is 2.13. The summed E-state index contributed by atoms with van der Waals surface area (Å²) in [6.45, 7) is 0.318. The predicted molar refractivity (Wildman–Crippen MR) is 93.0 cm³/mol. The van der Waals surface area contributed by atoms with E-state index in [0.29, 0.717) is 6.54 Å². The Morgan fingerprint density at radius 1 is 1.29 bits per heavy atom. The number of benzene rings is 1. The highest BCUT2D eigenvalue weighted by atomic mass is 32.1. The van der Waals surface area contributed by atoms with Crippen molar-refractivity contribution in [2.45, 2.75) is 12.7 Å². The van der Waals surface area contributed by atoms with Gasteiger partial charge in [-0.05, 0) is 0 Å². The Morgan fingerprint density at radius 3 is 2.75 bits per heavy atom. The van der Waals surface area contributed by atoms with Crippen LogP contribution in [0, 0.1) is 0 Å². The van der Waals surface area contributed by atoms with Crippen LogP contribution in [0.15, 0.2) is 41.9 Å². The van der Waals surface area contributed by atoms with Crippen LogP contribution >= 0.6 is 11.3 Å². The lowest BCUT2D eigenvalue weighted by atomic mass is 10.2. The summed E-state index contributed by atoms with van der Waals surface area (Å²) in [4.78, 5) is 17.6. The summed E-state index contributed by atoms with van der Waals surface area (Å²) in [7, 11) is 3.08. The van der Waals surface area contributed by atoms with Crippen LogP contribution in [0.4, 0.5) is 0 Å². The first-order valence-corrected chi connectivity index (χ1v) is 8.42. The molecule has 0 bridgehead atoms. The van der Waals surface area contributed by atoms with Crippen LogP contribution in [-0.4, -0.2) is 42.3 Å². The molecule has 2 aromatic heterocycles. The number of hydrogen-bond acceptors (Lipinski definition) is 5. The lowest BCUT2D eigenvalue weighted by Crippen LogP contribution is -2.35. The van der Waals surface area contributed by atoms with Crippen molar-refractivity contribution in [2.24, 2.45) is 0 Å². The van der Waals surface area contributed by atoms with E-state index in [1.165, 1.54) is 11.3 Å². The second-order valence-electron chi connectivity index (χ2n) is 5.25. The molecule has 3 aromatic rings. The Kier molecular flexibility index (Phi) is 5.24. The number of fused-ring (bicyclic) bond motifs is 1. The molecule has 6 nitrogen and oxygen atoms in total. The summed E-state index contributed by atoms with van der Waals surface area (Å²) in [5, 5.41) is 4.77. The van der Waals surface area contributed by atoms with Crippen LogP contribution in [-0.2, 0) is 20.7 Å². The molecule has 126 valence electrons. The van der Waals surface area contributed by atoms with E-state index in [4.69, 9.17) is 9.47 Å². The monoisotopic (exact) mass is 345 g/mol. The number of carbonyl (C=O) groups excluding carboxylic acids is 1. The Bertz CT molecular complexity index is 809. The second kappa shape index (κ2) is 7.57. The van der Waals surface area contributed by atoms with Crippen LogP contribution in [0.1, 0.15) is 5.69 Å². The Balaban J connectivity index is 1.71. The smallest absolute Gasteiger partial charge is 0.226 e. The van der Waals surface area contributed by atoms with E-state index in [-0.39, 0.29) is 12.3 Å². The van der Waals surface area contributed by atoms with Crippen molar-refractivity contribution in [1.82, 2.24) is 14.7 Å². The Morgan fingerprint density at radius 2 is 2.04 bits per heavy atom. The molecule has 0 fully saturated rings. The van der Waals surface area contributed by atoms with Gasteiger partial charge in [0.15, 0.2) is 11.3 Å². The van der Waals surface area contributed by atoms with Gasteiger partial charge >= 0.3 is 0 Å². The quantitative estimate of drug-likeness (QED) is 0.668. The zero-order valence-electron chi connectivity index (χ0n) is 13.6. The molecule has 0 aliphatic rings. The molecule has 0 unspecified atom stereocenters. The predicted octanol–water partition coefficient (Wildman–Crippen LogP) is 2.34. The van der Waals surface area contributed by atoms with Crippen molar-refractivity contribution in [1.29, 1.82) is 0 Å². The molecule has 7 heteroatoms. The SMILES string of the molecule is COC(CNC(=O)Cc1csc2nc(-c3ccccc3)cn12)OC. The minimum Gasteiger partial charge on any atom is -0.354 e. The number of ether oxygens (including phenoxy) is 2. The number of amides is 1. The van der Waals surface area contributed by atoms with Gasteiger partial charge in [-0.1, -0.05) is 30.3 Å². The summed E-state index contributed by atoms with van der Waals surface area (Å²) in [6, 6.07) is 9.99. The molecule has 1 N–H and O–H groups in total. The third kappa shape index (κ3) is 3.64. The van der Waals surface area contributed by atoms with Gasteiger partial charge in [-0.3, -0.25) is 9.20 Å². The van der Waals surface area contributed by atoms with Gasteiger partial charge < -0.3 is 14.8 Å². The molecule has 1 amide bonds. The molecule has 0 aliphatic carbocycles. The molecule has 0 saturated heterocycles. The average molecular weight is 345 g/mol. The molecule has 0 aliphatic heterocycles. The van der Waals surface area contributed by atoms with Crippen LogP contribution in [0.5, 0.6) is 0 Å². The first-order chi connectivity index (χ1) is 11.7. The topological polar surface area (TPSA) is 64.9 Å². The van der Waals surface area contributed by atoms with Crippen LogP contribution in [0.3, 0.4) is 0 Å². The first-order valence-electron chi connectivity index (χ1n) is 7.54. The lowest BCUT2D eigenvalue weighted by Gasteiger charge is -2.13. The number of carbonyl (C=O) groups is 1. The van der Waals surface area contributed by atoms with Gasteiger partial charge in [0, 0.05) is 37.1 Å². The van der Waals surface area contributed by atoms with Gasteiger partial charge in [-0.15, -0.1) is 11.3 Å². The van der Waals surface area contributed by atoms with Gasteiger partial charge in [0.2, 0.25) is 5.91 Å². The van der Waals surface area contributed by atoms with Crippen molar-refractivity contribution in [2.75, 3.05) is 20.8 Å². The fraction of sp³-hybridized carbons (Fsp3) is 0.294. The minimum atomic E-state index is -0.436. The third-order valence-electron chi connectivity index (χ3n) is 3.69. The van der Waals surface area contributed by atoms with Crippen molar-refractivity contribution in [3.05, 3.63) is 47.6 Å². The normalized spacial score (nSPS) is 11.3. The summed E-state index contributed by atoms with van der Waals surface area (Å²) >= 11 is 1.53. The van der Waals surface area contributed by atoms with Gasteiger partial charge in [0.25, 0.3) is 0 Å². The van der Waals surface area contributed by atoms with Gasteiger partial charge in [-0.2, -0.15) is 0 Å². The van der Waals surface area contributed by atoms with Crippen LogP contribution < -0.4 is 5.32 Å². The second-order valence-corrected chi connectivity index (χ2v) is 6.09. The zero-order chi connectivity index (χ0) is 16.9. The average Bonchev–Trinajstić information content (AvgIpc) is 3.19. The molecule has 24 heavy (non-hydrogen) atoms. The maximum atomic E-state index is 12.1. The van der Waals surface area contributed by atoms with E-state index in [9.17, 15) is 4.79 Å². The molecule has 0 radical (unpaired) electrons. The summed E-state index contributed by atoms with van der Waals surface area (Å²) in [5.41, 5.74) is 2.88. The fourth-order valence-electron chi connectivity index (χ4n) is 2.39. The van der Waals surface area contributed by atoms with E-state index in [1.807, 2.05) is 46.3 Å². The molecule has 2 heterocycles. The van der Waals surface area contributed by atoms with E-state index in [0.717, 1.165) is 21.9 Å². The van der Waals surface area contributed by atoms with E-state index in [2.05, 4.69) is 10.3 Å². The molecule has 0 saturated carbocycles. The number of rotatable bonds is 7. The van der Waals surface area contributed by atoms with E-state index >= 15 is 0 Å². The molecule has 1 aromatic carbocycles. The van der Waals surface area contributed by atoms with E-state index in [1.54, 1.807) is 14.2 Å². The maximum Gasteiger partial charge on any atom is 0.226 e. The minimum absolute atomic E-state index is 0.0799. The largest absolute Gasteiger partial charge is 0.354 e. The number of nitrogens with one attached hydrogen (secondary N) is 1. The Labute approximate surface area is 144 Å². The lowest BCUT2D eigenvalue weighted by molar-refractivity contribution is -0.126. The fourth-order valence-corrected chi connectivity index (χ4v) is 3.26. The number of hydrogen-bond donors (Lipinski definition) is 1. The van der Waals surface area contributed by atoms with Crippen molar-refractivity contribution in [3.63, 3.8) is 0 Å². The van der Waals surface area contributed by atoms with Crippen LogP contribution in [0.2, 0.25) is 0 Å². The summed E-state index contributed by atoms with van der Waals surface area (Å²) < 4.78 is 12.1. The molecule has 0 atom stereocenters. The number of methoxy groups -OCH3 is 2. The number of nitrogens with zero attached hydrogens (tertiary/aromatic N) is 2. The standard InChI is InChI=1S/C17H19N3O3S/c1-22-16(23-2)9-18-15(21)8-13-11-24-17-19-14(10-20(13)17)12-6-4-3-5-7-12/h3-7,10-11,16H,8-9H2,1-2H3,(H,18,21). The summed E-state index contributed by atoms with van der Waals surface area (Å²) in [5.74, 6) is -0.0799. The van der Waals surface area contributed by atoms with Crippen molar-refractivity contribution in [3.8, 4) is 11.3 Å². The first kappa shape index (κ1) is 16.6. The van der Waals surface area contributed by atoms with Gasteiger partial charge in [0.1, 0.15) is 0 Å². The van der Waals surface area contributed by atoms with E-state index < -0.39 is 6.29 Å². The van der Waals surface area contributed by atoms with Gasteiger partial charge in [-0.25, -0.2) is 4.98 Å². The molecule has 3 rings (SSSR count). The molecule has 0 spiro atoms. The number of imidazole rings is 1. The van der Waals surface area contributed by atoms with Crippen molar-refractivity contribution < 1.29 is 14.3 Å². The molecular weight excluding hydrogens is 326 g/mol. The number of thiazole rings is 1. The Hall–Kier alpha value is -2.22. The van der Waals surface area contributed by atoms with Crippen LogP contribution in [0.25, 0.3) is 16.2 Å². The summed E-state index contributed by atoms with van der Waals surface area (Å²) in [6.07, 6.45) is 1.82. The highest BCUT2D eigenvalue weighted by molar-refractivity contribution is 7.15. The number of aromatic nitrogens is 2. The highest BCUT2D eigenvalue weighted by Crippen LogP contribution is 2.23. The van der Waals surface area contributed by atoms with Crippen molar-refractivity contribution >= 4 is 22.2 Å². The molecular formula is C17H19N3O3S. The van der Waals surface area contributed by atoms with Gasteiger partial charge in [0.05, 0.1) is 18.7 Å². The maximum absolute atomic E-state index is 12.1. The zero-order valence-corrected chi connectivity index (χ0v) is 14.4.